The summed E-state index contributed by atoms with van der Waals surface area (Å²) in [6, 6.07) is 0. The number of unbranched alkanes of at least 4 members (excludes halogenated alkanes) is 9. The van der Waals surface area contributed by atoms with Gasteiger partial charge in [0.1, 0.15) is 6.10 Å². The van der Waals surface area contributed by atoms with E-state index in [1.807, 2.05) is 0 Å². The molecule has 2 heteroatoms. The van der Waals surface area contributed by atoms with Gasteiger partial charge in [-0.15, -0.1) is 0 Å². The van der Waals surface area contributed by atoms with Crippen LogP contribution >= 0.6 is 0 Å². The number of rotatable bonds is 20. The van der Waals surface area contributed by atoms with Crippen LogP contribution in [0.25, 0.3) is 0 Å². The molecule has 274 valence electrons. The standard InChI is InChI=1S/C46H78O2/c1-8-9-10-11-12-13-14-15-16-17-18-19-20-21-22-23-44(47)48-39-30-32-45(6)38(34-39)26-27-40-42-29-28-41(46(42,7)33-31-43(40)45)37(5)25-24-36(4)35(2)3/h12-15,26,35-37,39-43H,8-11,16-25,27-34H2,1-7H3/b13-12-,15-14+/t36-,37-,39+,40+,41-,42+,43+,45+,46-/m1/s1. The number of ether oxygens (including phenoxy) is 1. The molecule has 3 saturated carbocycles. The second-order valence-electron chi connectivity index (χ2n) is 18.1. The normalized spacial score (nSPS) is 33.0. The van der Waals surface area contributed by atoms with Gasteiger partial charge in [-0.05, 0) is 129 Å². The highest BCUT2D eigenvalue weighted by molar-refractivity contribution is 5.69. The predicted octanol–water partition coefficient (Wildman–Crippen LogP) is 14.0. The van der Waals surface area contributed by atoms with Crippen molar-refractivity contribution >= 4 is 5.97 Å². The monoisotopic (exact) mass is 663 g/mol. The lowest BCUT2D eigenvalue weighted by atomic mass is 9.47. The summed E-state index contributed by atoms with van der Waals surface area (Å²) in [5, 5.41) is 0. The Bertz CT molecular complexity index is 1050. The molecule has 2 nitrogen and oxygen atoms in total. The number of fused-ring (bicyclic) bond motifs is 5. The Hall–Kier alpha value is -1.31. The third-order valence-electron chi connectivity index (χ3n) is 14.7. The fraction of sp³-hybridized carbons (Fsp3) is 0.848. The molecule has 4 rings (SSSR count). The van der Waals surface area contributed by atoms with Crippen molar-refractivity contribution in [3.8, 4) is 0 Å². The molecule has 0 unspecified atom stereocenters. The van der Waals surface area contributed by atoms with Gasteiger partial charge in [-0.1, -0.05) is 136 Å². The van der Waals surface area contributed by atoms with E-state index in [9.17, 15) is 4.79 Å². The summed E-state index contributed by atoms with van der Waals surface area (Å²) in [6.45, 7) is 17.4. The van der Waals surface area contributed by atoms with Crippen LogP contribution < -0.4 is 0 Å². The van der Waals surface area contributed by atoms with E-state index in [0.717, 1.165) is 67.1 Å². The minimum Gasteiger partial charge on any atom is -0.462 e. The van der Waals surface area contributed by atoms with Crippen molar-refractivity contribution in [2.24, 2.45) is 52.3 Å². The number of carbonyl (C=O) groups is 1. The molecule has 0 spiro atoms. The molecule has 0 heterocycles. The molecule has 48 heavy (non-hydrogen) atoms. The summed E-state index contributed by atoms with van der Waals surface area (Å²) in [4.78, 5) is 12.8. The zero-order valence-electron chi connectivity index (χ0n) is 32.9. The van der Waals surface area contributed by atoms with Crippen LogP contribution in [0, 0.1) is 52.3 Å². The minimum atomic E-state index is 0.0492. The lowest BCUT2D eigenvalue weighted by molar-refractivity contribution is -0.151. The molecule has 9 atom stereocenters. The van der Waals surface area contributed by atoms with Crippen molar-refractivity contribution in [2.75, 3.05) is 0 Å². The van der Waals surface area contributed by atoms with Gasteiger partial charge in [0.05, 0.1) is 0 Å². The van der Waals surface area contributed by atoms with E-state index in [1.54, 1.807) is 5.57 Å². The Balaban J connectivity index is 1.14. The van der Waals surface area contributed by atoms with Crippen molar-refractivity contribution in [3.05, 3.63) is 36.0 Å². The fourth-order valence-electron chi connectivity index (χ4n) is 11.1. The first-order valence-corrected chi connectivity index (χ1v) is 21.3. The smallest absolute Gasteiger partial charge is 0.306 e. The van der Waals surface area contributed by atoms with Gasteiger partial charge < -0.3 is 4.74 Å². The van der Waals surface area contributed by atoms with Gasteiger partial charge in [-0.25, -0.2) is 0 Å². The molecule has 4 aliphatic rings. The van der Waals surface area contributed by atoms with Crippen LogP contribution in [0.3, 0.4) is 0 Å². The molecule has 0 radical (unpaired) electrons. The minimum absolute atomic E-state index is 0.0492. The zero-order chi connectivity index (χ0) is 34.6. The van der Waals surface area contributed by atoms with Crippen LogP contribution in [0.4, 0.5) is 0 Å². The van der Waals surface area contributed by atoms with E-state index >= 15 is 0 Å². The first kappa shape index (κ1) is 39.5. The molecule has 0 saturated heterocycles. The quantitative estimate of drug-likeness (QED) is 0.0561. The van der Waals surface area contributed by atoms with Crippen molar-refractivity contribution in [1.82, 2.24) is 0 Å². The van der Waals surface area contributed by atoms with Gasteiger partial charge in [0.2, 0.25) is 0 Å². The van der Waals surface area contributed by atoms with E-state index in [-0.39, 0.29) is 12.1 Å². The molecule has 0 aliphatic heterocycles. The van der Waals surface area contributed by atoms with Crippen LogP contribution in [-0.2, 0) is 9.53 Å². The molecule has 0 aromatic heterocycles. The average molecular weight is 663 g/mol. The summed E-state index contributed by atoms with van der Waals surface area (Å²) in [5.74, 6) is 6.06. The first-order chi connectivity index (χ1) is 23.1. The van der Waals surface area contributed by atoms with Gasteiger partial charge in [-0.3, -0.25) is 4.79 Å². The van der Waals surface area contributed by atoms with Gasteiger partial charge in [0.25, 0.3) is 0 Å². The second-order valence-corrected chi connectivity index (χ2v) is 18.1. The molecule has 3 fully saturated rings. The maximum absolute atomic E-state index is 12.8. The number of allylic oxidation sites excluding steroid dienone is 5. The average Bonchev–Trinajstić information content (AvgIpc) is 3.42. The van der Waals surface area contributed by atoms with E-state index in [1.165, 1.54) is 109 Å². The highest BCUT2D eigenvalue weighted by Crippen LogP contribution is 2.67. The molecule has 4 aliphatic carbocycles. The predicted molar refractivity (Wildman–Crippen MR) is 207 cm³/mol. The van der Waals surface area contributed by atoms with Gasteiger partial charge >= 0.3 is 5.97 Å². The Morgan fingerprint density at radius 2 is 1.52 bits per heavy atom. The van der Waals surface area contributed by atoms with Crippen LogP contribution in [-0.4, -0.2) is 12.1 Å². The van der Waals surface area contributed by atoms with Crippen molar-refractivity contribution < 1.29 is 9.53 Å². The van der Waals surface area contributed by atoms with E-state index < -0.39 is 0 Å². The van der Waals surface area contributed by atoms with E-state index in [0.29, 0.717) is 17.3 Å². The summed E-state index contributed by atoms with van der Waals surface area (Å²) in [7, 11) is 0. The molecule has 0 N–H and O–H groups in total. The van der Waals surface area contributed by atoms with Crippen LogP contribution in [0.5, 0.6) is 0 Å². The lowest BCUT2D eigenvalue weighted by Crippen LogP contribution is -2.51. The number of esters is 1. The SMILES string of the molecule is CCCCC/C=C\C=C\CCCCCCCCC(=O)O[C@H]1CC[C@@]2(C)C(=CC[C@H]3[C@@H]4CC[C@H]([C@H](C)CC[C@@H](C)C(C)C)[C@@]4(C)CC[C@@H]32)C1. The Morgan fingerprint density at radius 1 is 0.833 bits per heavy atom. The van der Waals surface area contributed by atoms with Gasteiger partial charge in [0.15, 0.2) is 0 Å². The number of hydrogen-bond donors (Lipinski definition) is 0. The molecule has 0 amide bonds. The topological polar surface area (TPSA) is 26.3 Å². The summed E-state index contributed by atoms with van der Waals surface area (Å²) >= 11 is 0. The number of carbonyl (C=O) groups excluding carboxylic acids is 1. The van der Waals surface area contributed by atoms with Crippen LogP contribution in [0.1, 0.15) is 190 Å². The molecule has 0 aromatic carbocycles. The third kappa shape index (κ3) is 10.4. The molecular formula is C46H78O2. The summed E-state index contributed by atoms with van der Waals surface area (Å²) in [5.41, 5.74) is 2.50. The Labute approximate surface area is 298 Å². The van der Waals surface area contributed by atoms with Crippen molar-refractivity contribution in [2.45, 2.75) is 196 Å². The van der Waals surface area contributed by atoms with Crippen LogP contribution in [0.2, 0.25) is 0 Å². The summed E-state index contributed by atoms with van der Waals surface area (Å²) < 4.78 is 6.13. The maximum atomic E-state index is 12.8. The zero-order valence-corrected chi connectivity index (χ0v) is 32.9. The Kier molecular flexibility index (Phi) is 15.9. The highest BCUT2D eigenvalue weighted by atomic mass is 16.5. The fourth-order valence-corrected chi connectivity index (χ4v) is 11.1. The Morgan fingerprint density at radius 3 is 2.23 bits per heavy atom. The molecular weight excluding hydrogens is 585 g/mol. The van der Waals surface area contributed by atoms with Gasteiger partial charge in [-0.2, -0.15) is 0 Å². The van der Waals surface area contributed by atoms with E-state index in [4.69, 9.17) is 4.74 Å². The largest absolute Gasteiger partial charge is 0.462 e. The van der Waals surface area contributed by atoms with Crippen molar-refractivity contribution in [1.29, 1.82) is 0 Å². The second kappa shape index (κ2) is 19.3. The van der Waals surface area contributed by atoms with Gasteiger partial charge in [0, 0.05) is 12.8 Å². The van der Waals surface area contributed by atoms with E-state index in [2.05, 4.69) is 78.8 Å². The highest BCUT2D eigenvalue weighted by Gasteiger charge is 2.59. The molecule has 0 bridgehead atoms. The summed E-state index contributed by atoms with van der Waals surface area (Å²) in [6.07, 6.45) is 39.1. The third-order valence-corrected chi connectivity index (χ3v) is 14.7. The van der Waals surface area contributed by atoms with Crippen LogP contribution in [0.15, 0.2) is 36.0 Å². The first-order valence-electron chi connectivity index (χ1n) is 21.3. The molecule has 0 aromatic rings. The number of hydrogen-bond acceptors (Lipinski definition) is 2. The maximum Gasteiger partial charge on any atom is 0.306 e. The van der Waals surface area contributed by atoms with Crippen molar-refractivity contribution in [3.63, 3.8) is 0 Å². The lowest BCUT2D eigenvalue weighted by Gasteiger charge is -2.58.